The lowest BCUT2D eigenvalue weighted by molar-refractivity contribution is 0.577. The quantitative estimate of drug-likeness (QED) is 0.684. The van der Waals surface area contributed by atoms with Crippen molar-refractivity contribution in [3.8, 4) is 0 Å². The molecule has 3 rings (SSSR count). The molecule has 0 heterocycles. The van der Waals surface area contributed by atoms with Crippen molar-refractivity contribution in [2.45, 2.75) is 31.2 Å². The van der Waals surface area contributed by atoms with Gasteiger partial charge in [-0.25, -0.2) is 0 Å². The van der Waals surface area contributed by atoms with Crippen LogP contribution in [0.4, 0.5) is 0 Å². The topological polar surface area (TPSA) is 12.0 Å². The van der Waals surface area contributed by atoms with Gasteiger partial charge < -0.3 is 5.32 Å². The monoisotopic (exact) mass is 407 g/mol. The molecule has 1 saturated carbocycles. The largest absolute Gasteiger partial charge is 0.313 e. The van der Waals surface area contributed by atoms with Crippen LogP contribution in [-0.2, 0) is 6.42 Å². The van der Waals surface area contributed by atoms with E-state index >= 15 is 0 Å². The fraction of sp³-hybridized carbons (Fsp3) is 0.333. The summed E-state index contributed by atoms with van der Waals surface area (Å²) in [6.45, 7) is 1.06. The number of benzene rings is 2. The molecule has 1 nitrogen and oxygen atoms in total. The lowest BCUT2D eigenvalue weighted by Crippen LogP contribution is -2.24. The van der Waals surface area contributed by atoms with Gasteiger partial charge in [0.2, 0.25) is 0 Å². The lowest BCUT2D eigenvalue weighted by Gasteiger charge is -2.18. The van der Waals surface area contributed by atoms with Crippen LogP contribution in [0.1, 0.15) is 29.9 Å². The van der Waals surface area contributed by atoms with Gasteiger partial charge in [0.15, 0.2) is 0 Å². The zero-order valence-corrected chi connectivity index (χ0v) is 15.0. The van der Waals surface area contributed by atoms with Crippen LogP contribution in [0.5, 0.6) is 0 Å². The molecule has 0 saturated heterocycles. The minimum absolute atomic E-state index is 0.528. The van der Waals surface area contributed by atoms with Crippen LogP contribution >= 0.6 is 31.9 Å². The number of halogens is 2. The minimum Gasteiger partial charge on any atom is -0.313 e. The van der Waals surface area contributed by atoms with Crippen molar-refractivity contribution in [3.05, 3.63) is 68.6 Å². The van der Waals surface area contributed by atoms with Crippen LogP contribution in [0.15, 0.2) is 57.5 Å². The number of hydrogen-bond acceptors (Lipinski definition) is 1. The van der Waals surface area contributed by atoms with E-state index in [9.17, 15) is 0 Å². The standard InChI is InChI=1S/C18H19Br2N/c19-16-5-1-13(2-6-16)11-15(12-21-18-9-10-18)14-3-7-17(20)8-4-14/h1-8,15,18,21H,9-12H2. The maximum absolute atomic E-state index is 3.68. The van der Waals surface area contributed by atoms with E-state index in [1.165, 1.54) is 24.0 Å². The molecule has 1 unspecified atom stereocenters. The molecule has 1 atom stereocenters. The molecule has 0 radical (unpaired) electrons. The van der Waals surface area contributed by atoms with Crippen molar-refractivity contribution in [2.75, 3.05) is 6.54 Å². The predicted molar refractivity (Wildman–Crippen MR) is 95.8 cm³/mol. The number of rotatable bonds is 6. The average Bonchev–Trinajstić information content (AvgIpc) is 3.31. The molecule has 0 amide bonds. The molecule has 0 spiro atoms. The molecule has 1 aliphatic carbocycles. The van der Waals surface area contributed by atoms with Crippen LogP contribution in [0.3, 0.4) is 0 Å². The molecular formula is C18H19Br2N. The first-order chi connectivity index (χ1) is 10.2. The highest BCUT2D eigenvalue weighted by Crippen LogP contribution is 2.25. The highest BCUT2D eigenvalue weighted by molar-refractivity contribution is 9.10. The van der Waals surface area contributed by atoms with Gasteiger partial charge in [0.25, 0.3) is 0 Å². The van der Waals surface area contributed by atoms with Crippen LogP contribution in [-0.4, -0.2) is 12.6 Å². The van der Waals surface area contributed by atoms with Crippen molar-refractivity contribution >= 4 is 31.9 Å². The molecule has 0 aromatic heterocycles. The van der Waals surface area contributed by atoms with Gasteiger partial charge in [-0.05, 0) is 54.7 Å². The summed E-state index contributed by atoms with van der Waals surface area (Å²) in [5, 5.41) is 3.68. The summed E-state index contributed by atoms with van der Waals surface area (Å²) in [6, 6.07) is 18.2. The normalized spacial score (nSPS) is 15.9. The molecule has 3 heteroatoms. The van der Waals surface area contributed by atoms with Gasteiger partial charge in [-0.3, -0.25) is 0 Å². The van der Waals surface area contributed by atoms with E-state index in [4.69, 9.17) is 0 Å². The first kappa shape index (κ1) is 15.3. The highest BCUT2D eigenvalue weighted by atomic mass is 79.9. The van der Waals surface area contributed by atoms with E-state index in [1.807, 2.05) is 0 Å². The summed E-state index contributed by atoms with van der Waals surface area (Å²) in [4.78, 5) is 0. The SMILES string of the molecule is Brc1ccc(CC(CNC2CC2)c2ccc(Br)cc2)cc1. The van der Waals surface area contributed by atoms with Gasteiger partial charge in [-0.2, -0.15) is 0 Å². The summed E-state index contributed by atoms with van der Waals surface area (Å²) in [7, 11) is 0. The molecule has 0 aliphatic heterocycles. The minimum atomic E-state index is 0.528. The molecule has 1 aliphatic rings. The molecule has 2 aromatic carbocycles. The second kappa shape index (κ2) is 7.08. The summed E-state index contributed by atoms with van der Waals surface area (Å²) >= 11 is 7.03. The van der Waals surface area contributed by atoms with Gasteiger partial charge in [0.1, 0.15) is 0 Å². The first-order valence-electron chi connectivity index (χ1n) is 7.44. The Morgan fingerprint density at radius 2 is 1.48 bits per heavy atom. The van der Waals surface area contributed by atoms with Gasteiger partial charge in [-0.1, -0.05) is 56.1 Å². The summed E-state index contributed by atoms with van der Waals surface area (Å²) in [5.41, 5.74) is 2.80. The Balaban J connectivity index is 1.73. The van der Waals surface area contributed by atoms with E-state index in [1.54, 1.807) is 0 Å². The van der Waals surface area contributed by atoms with Gasteiger partial charge >= 0.3 is 0 Å². The smallest absolute Gasteiger partial charge is 0.0175 e. The summed E-state index contributed by atoms with van der Waals surface area (Å²) in [6.07, 6.45) is 3.76. The molecular weight excluding hydrogens is 390 g/mol. The van der Waals surface area contributed by atoms with Crippen molar-refractivity contribution in [3.63, 3.8) is 0 Å². The van der Waals surface area contributed by atoms with Crippen molar-refractivity contribution in [1.29, 1.82) is 0 Å². The Morgan fingerprint density at radius 1 is 0.905 bits per heavy atom. The Hall–Kier alpha value is -0.640. The zero-order valence-electron chi connectivity index (χ0n) is 11.9. The fourth-order valence-corrected chi connectivity index (χ4v) is 3.07. The van der Waals surface area contributed by atoms with E-state index in [0.29, 0.717) is 5.92 Å². The Labute approximate surface area is 143 Å². The number of hydrogen-bond donors (Lipinski definition) is 1. The number of nitrogens with one attached hydrogen (secondary N) is 1. The van der Waals surface area contributed by atoms with E-state index in [-0.39, 0.29) is 0 Å². The van der Waals surface area contributed by atoms with Crippen LogP contribution in [0, 0.1) is 0 Å². The molecule has 0 bridgehead atoms. The van der Waals surface area contributed by atoms with Crippen molar-refractivity contribution in [2.24, 2.45) is 0 Å². The molecule has 2 aromatic rings. The Morgan fingerprint density at radius 3 is 2.05 bits per heavy atom. The van der Waals surface area contributed by atoms with Gasteiger partial charge in [0, 0.05) is 27.4 Å². The average molecular weight is 409 g/mol. The third-order valence-electron chi connectivity index (χ3n) is 3.97. The lowest BCUT2D eigenvalue weighted by atomic mass is 9.92. The summed E-state index contributed by atoms with van der Waals surface area (Å²) < 4.78 is 2.28. The Bertz CT molecular complexity index is 573. The predicted octanol–water partition coefficient (Wildman–Crippen LogP) is 5.29. The fourth-order valence-electron chi connectivity index (χ4n) is 2.54. The second-order valence-corrected chi connectivity index (χ2v) is 7.59. The maximum Gasteiger partial charge on any atom is 0.0175 e. The Kier molecular flexibility index (Phi) is 5.15. The zero-order chi connectivity index (χ0) is 14.7. The molecule has 110 valence electrons. The molecule has 1 fully saturated rings. The third kappa shape index (κ3) is 4.67. The van der Waals surface area contributed by atoms with Crippen molar-refractivity contribution < 1.29 is 0 Å². The summed E-state index contributed by atoms with van der Waals surface area (Å²) in [5.74, 6) is 0.528. The van der Waals surface area contributed by atoms with Crippen LogP contribution in [0.2, 0.25) is 0 Å². The second-order valence-electron chi connectivity index (χ2n) is 5.76. The maximum atomic E-state index is 3.68. The molecule has 1 N–H and O–H groups in total. The van der Waals surface area contributed by atoms with Gasteiger partial charge in [-0.15, -0.1) is 0 Å². The van der Waals surface area contributed by atoms with Crippen LogP contribution in [0.25, 0.3) is 0 Å². The first-order valence-corrected chi connectivity index (χ1v) is 9.02. The highest BCUT2D eigenvalue weighted by Gasteiger charge is 2.22. The van der Waals surface area contributed by atoms with Crippen molar-refractivity contribution in [1.82, 2.24) is 5.32 Å². The van der Waals surface area contributed by atoms with Crippen LogP contribution < -0.4 is 5.32 Å². The van der Waals surface area contributed by atoms with E-state index in [0.717, 1.165) is 28.0 Å². The van der Waals surface area contributed by atoms with E-state index in [2.05, 4.69) is 85.7 Å². The van der Waals surface area contributed by atoms with E-state index < -0.39 is 0 Å². The molecule has 21 heavy (non-hydrogen) atoms. The third-order valence-corrected chi connectivity index (χ3v) is 5.02. The van der Waals surface area contributed by atoms with Gasteiger partial charge in [0.05, 0.1) is 0 Å².